The van der Waals surface area contributed by atoms with E-state index in [2.05, 4.69) is 55.6 Å². The number of carbonyl (C=O) groups excluding carboxylic acids is 1. The van der Waals surface area contributed by atoms with Gasteiger partial charge in [-0.15, -0.1) is 0 Å². The summed E-state index contributed by atoms with van der Waals surface area (Å²) < 4.78 is 0. The monoisotopic (exact) mass is 562 g/mol. The van der Waals surface area contributed by atoms with Crippen LogP contribution in [-0.2, 0) is 4.79 Å². The minimum absolute atomic E-state index is 0.0503. The summed E-state index contributed by atoms with van der Waals surface area (Å²) in [5.74, 6) is -0.0503. The molecule has 0 rings (SSSR count). The quantitative estimate of drug-likeness (QED) is 0.0603. The van der Waals surface area contributed by atoms with E-state index in [1.165, 1.54) is 89.9 Å². The highest BCUT2D eigenvalue weighted by Crippen LogP contribution is 2.13. The summed E-state index contributed by atoms with van der Waals surface area (Å²) in [7, 11) is 0. The molecule has 0 radical (unpaired) electrons. The first-order chi connectivity index (χ1) is 19.7. The lowest BCUT2D eigenvalue weighted by Crippen LogP contribution is -2.45. The Hall–Kier alpha value is -1.39. The third-order valence-electron chi connectivity index (χ3n) is 7.65. The number of amides is 1. The summed E-state index contributed by atoms with van der Waals surface area (Å²) in [5, 5.41) is 22.8. The fourth-order valence-corrected chi connectivity index (χ4v) is 4.95. The van der Waals surface area contributed by atoms with Crippen LogP contribution >= 0.6 is 0 Å². The van der Waals surface area contributed by atoms with E-state index in [-0.39, 0.29) is 12.5 Å². The third-order valence-corrected chi connectivity index (χ3v) is 7.65. The van der Waals surface area contributed by atoms with Crippen molar-refractivity contribution in [2.45, 2.75) is 180 Å². The van der Waals surface area contributed by atoms with Gasteiger partial charge in [-0.2, -0.15) is 0 Å². The lowest BCUT2D eigenvalue weighted by Gasteiger charge is -2.22. The van der Waals surface area contributed by atoms with Crippen molar-refractivity contribution in [3.05, 3.63) is 36.5 Å². The molecular weight excluding hydrogens is 494 g/mol. The molecular formula is C36H67NO3. The smallest absolute Gasteiger partial charge is 0.220 e. The van der Waals surface area contributed by atoms with Gasteiger partial charge in [0.2, 0.25) is 5.91 Å². The zero-order valence-corrected chi connectivity index (χ0v) is 26.6. The van der Waals surface area contributed by atoms with Crippen LogP contribution in [0.25, 0.3) is 0 Å². The van der Waals surface area contributed by atoms with E-state index in [1.54, 1.807) is 0 Å². The van der Waals surface area contributed by atoms with Gasteiger partial charge in [-0.05, 0) is 51.4 Å². The largest absolute Gasteiger partial charge is 0.394 e. The summed E-state index contributed by atoms with van der Waals surface area (Å²) in [5.41, 5.74) is 0. The van der Waals surface area contributed by atoms with Gasteiger partial charge >= 0.3 is 0 Å². The summed E-state index contributed by atoms with van der Waals surface area (Å²) in [6.45, 7) is 4.28. The molecule has 0 spiro atoms. The van der Waals surface area contributed by atoms with Crippen LogP contribution in [0, 0.1) is 0 Å². The molecule has 4 heteroatoms. The highest BCUT2D eigenvalue weighted by Gasteiger charge is 2.19. The van der Waals surface area contributed by atoms with Crippen molar-refractivity contribution in [3.63, 3.8) is 0 Å². The number of aliphatic hydroxyl groups is 2. The van der Waals surface area contributed by atoms with E-state index in [1.807, 2.05) is 0 Å². The summed E-state index contributed by atoms with van der Waals surface area (Å²) >= 11 is 0. The number of hydrogen-bond donors (Lipinski definition) is 3. The van der Waals surface area contributed by atoms with E-state index >= 15 is 0 Å². The van der Waals surface area contributed by atoms with Crippen LogP contribution in [0.1, 0.15) is 168 Å². The summed E-state index contributed by atoms with van der Waals surface area (Å²) in [4.78, 5) is 12.2. The van der Waals surface area contributed by atoms with Crippen molar-refractivity contribution >= 4 is 5.91 Å². The number of nitrogens with one attached hydrogen (secondary N) is 1. The van der Waals surface area contributed by atoms with E-state index < -0.39 is 12.1 Å². The predicted molar refractivity (Wildman–Crippen MR) is 175 cm³/mol. The van der Waals surface area contributed by atoms with Gasteiger partial charge in [0.25, 0.3) is 0 Å². The molecule has 2 atom stereocenters. The SMILES string of the molecule is CCCCCCC/C=C\C/C=C\C/C=C\CCCCCCCCC(=O)NC(CO)C(O)CCCCCCCCC. The van der Waals surface area contributed by atoms with Gasteiger partial charge in [0.15, 0.2) is 0 Å². The number of rotatable bonds is 30. The van der Waals surface area contributed by atoms with E-state index in [9.17, 15) is 15.0 Å². The first-order valence-electron chi connectivity index (χ1n) is 17.2. The topological polar surface area (TPSA) is 69.6 Å². The van der Waals surface area contributed by atoms with Gasteiger partial charge < -0.3 is 15.5 Å². The maximum Gasteiger partial charge on any atom is 0.220 e. The Morgan fingerprint density at radius 1 is 0.600 bits per heavy atom. The van der Waals surface area contributed by atoms with E-state index in [0.717, 1.165) is 51.4 Å². The lowest BCUT2D eigenvalue weighted by molar-refractivity contribution is -0.123. The van der Waals surface area contributed by atoms with Gasteiger partial charge in [-0.3, -0.25) is 4.79 Å². The Labute approximate surface area is 249 Å². The second-order valence-electron chi connectivity index (χ2n) is 11.6. The highest BCUT2D eigenvalue weighted by molar-refractivity contribution is 5.76. The molecule has 3 N–H and O–H groups in total. The summed E-state index contributed by atoms with van der Waals surface area (Å²) in [6.07, 6.45) is 40.6. The van der Waals surface area contributed by atoms with Crippen LogP contribution in [0.2, 0.25) is 0 Å². The van der Waals surface area contributed by atoms with E-state index in [4.69, 9.17) is 0 Å². The lowest BCUT2D eigenvalue weighted by atomic mass is 10.0. The molecule has 0 heterocycles. The maximum atomic E-state index is 12.2. The zero-order valence-electron chi connectivity index (χ0n) is 26.6. The van der Waals surface area contributed by atoms with Crippen molar-refractivity contribution in [2.24, 2.45) is 0 Å². The van der Waals surface area contributed by atoms with Crippen molar-refractivity contribution in [2.75, 3.05) is 6.61 Å². The number of carbonyl (C=O) groups is 1. The molecule has 0 aromatic carbocycles. The Kier molecular flexibility index (Phi) is 31.0. The van der Waals surface area contributed by atoms with Crippen molar-refractivity contribution < 1.29 is 15.0 Å². The normalized spacial score (nSPS) is 13.6. The molecule has 0 aliphatic rings. The average Bonchev–Trinajstić information content (AvgIpc) is 2.96. The first kappa shape index (κ1) is 38.6. The molecule has 1 amide bonds. The van der Waals surface area contributed by atoms with Crippen LogP contribution in [0.15, 0.2) is 36.5 Å². The Morgan fingerprint density at radius 2 is 1.02 bits per heavy atom. The standard InChI is InChI=1S/C36H67NO3/c1-3-5-7-9-11-12-13-14-15-16-17-18-19-20-21-22-23-24-26-28-30-32-36(40)37-34(33-38)35(39)31-29-27-25-10-8-6-4-2/h13-14,16-17,19-20,34-35,38-39H,3-12,15,18,21-33H2,1-2H3,(H,37,40)/b14-13-,17-16-,20-19-. The fraction of sp³-hybridized carbons (Fsp3) is 0.806. The van der Waals surface area contributed by atoms with Gasteiger partial charge in [0, 0.05) is 6.42 Å². The fourth-order valence-electron chi connectivity index (χ4n) is 4.95. The molecule has 2 unspecified atom stereocenters. The van der Waals surface area contributed by atoms with Crippen LogP contribution in [0.3, 0.4) is 0 Å². The molecule has 0 saturated heterocycles. The first-order valence-corrected chi connectivity index (χ1v) is 17.2. The Bertz CT molecular complexity index is 613. The van der Waals surface area contributed by atoms with Crippen LogP contribution in [-0.4, -0.2) is 34.9 Å². The number of hydrogen-bond acceptors (Lipinski definition) is 3. The minimum Gasteiger partial charge on any atom is -0.394 e. The molecule has 4 nitrogen and oxygen atoms in total. The van der Waals surface area contributed by atoms with Crippen LogP contribution in [0.5, 0.6) is 0 Å². The molecule has 0 bridgehead atoms. The zero-order chi connectivity index (χ0) is 29.4. The van der Waals surface area contributed by atoms with Gasteiger partial charge in [-0.25, -0.2) is 0 Å². The highest BCUT2D eigenvalue weighted by atomic mass is 16.3. The molecule has 0 aromatic rings. The van der Waals surface area contributed by atoms with Gasteiger partial charge in [-0.1, -0.05) is 147 Å². The Morgan fingerprint density at radius 3 is 1.52 bits per heavy atom. The van der Waals surface area contributed by atoms with Crippen molar-refractivity contribution in [3.8, 4) is 0 Å². The average molecular weight is 562 g/mol. The Balaban J connectivity index is 3.59. The molecule has 0 fully saturated rings. The number of aliphatic hydroxyl groups excluding tert-OH is 2. The van der Waals surface area contributed by atoms with Crippen molar-refractivity contribution in [1.29, 1.82) is 0 Å². The maximum absolute atomic E-state index is 12.2. The molecule has 40 heavy (non-hydrogen) atoms. The molecule has 0 saturated carbocycles. The van der Waals surface area contributed by atoms with Gasteiger partial charge in [0.1, 0.15) is 0 Å². The van der Waals surface area contributed by atoms with Gasteiger partial charge in [0.05, 0.1) is 18.8 Å². The number of allylic oxidation sites excluding steroid dienone is 6. The molecule has 0 aliphatic heterocycles. The third kappa shape index (κ3) is 28.1. The molecule has 234 valence electrons. The summed E-state index contributed by atoms with van der Waals surface area (Å²) in [6, 6.07) is -0.539. The molecule has 0 aliphatic carbocycles. The number of unbranched alkanes of at least 4 members (excludes halogenated alkanes) is 17. The van der Waals surface area contributed by atoms with Crippen LogP contribution in [0.4, 0.5) is 0 Å². The second-order valence-corrected chi connectivity index (χ2v) is 11.6. The van der Waals surface area contributed by atoms with E-state index in [0.29, 0.717) is 12.8 Å². The van der Waals surface area contributed by atoms with Crippen LogP contribution < -0.4 is 5.32 Å². The minimum atomic E-state index is -0.661. The molecule has 0 aromatic heterocycles. The van der Waals surface area contributed by atoms with Crippen molar-refractivity contribution in [1.82, 2.24) is 5.32 Å². The predicted octanol–water partition coefficient (Wildman–Crippen LogP) is 9.90. The second kappa shape index (κ2) is 32.1.